The fraction of sp³-hybridized carbons (Fsp3) is 0.111. The molecule has 0 unspecified atom stereocenters. The van der Waals surface area contributed by atoms with Crippen LogP contribution in [0.2, 0.25) is 5.28 Å². The van der Waals surface area contributed by atoms with Gasteiger partial charge in [0.05, 0.1) is 10.9 Å². The van der Waals surface area contributed by atoms with Crippen LogP contribution in [0.4, 0.5) is 4.39 Å². The molecule has 1 aromatic heterocycles. The van der Waals surface area contributed by atoms with Gasteiger partial charge in [0.1, 0.15) is 5.82 Å². The Bertz CT molecular complexity index is 470. The van der Waals surface area contributed by atoms with E-state index in [1.165, 1.54) is 12.3 Å². The summed E-state index contributed by atoms with van der Waals surface area (Å²) in [4.78, 5) is 7.67. The number of rotatable bonds is 0. The minimum Gasteiger partial charge on any atom is -0.226 e. The van der Waals surface area contributed by atoms with E-state index >= 15 is 0 Å². The van der Waals surface area contributed by atoms with Crippen molar-refractivity contribution in [1.29, 1.82) is 0 Å². The molecule has 0 radical (unpaired) electrons. The lowest BCUT2D eigenvalue weighted by Gasteiger charge is -2.01. The summed E-state index contributed by atoms with van der Waals surface area (Å²) in [5, 5.41) is 0.547. The first-order valence-electron chi connectivity index (χ1n) is 3.76. The predicted octanol–water partition coefficient (Wildman–Crippen LogP) is 2.73. The highest BCUT2D eigenvalue weighted by Crippen LogP contribution is 2.19. The Morgan fingerprint density at radius 1 is 1.38 bits per heavy atom. The second kappa shape index (κ2) is 2.92. The SMILES string of the molecule is Cc1ccc(F)c2cnc(Cl)nc12. The molecule has 1 heterocycles. The van der Waals surface area contributed by atoms with Gasteiger partial charge in [0.2, 0.25) is 5.28 Å². The highest BCUT2D eigenvalue weighted by Gasteiger charge is 2.05. The van der Waals surface area contributed by atoms with Crippen molar-refractivity contribution in [2.45, 2.75) is 6.92 Å². The molecule has 66 valence electrons. The third-order valence-electron chi connectivity index (χ3n) is 1.87. The second-order valence-corrected chi connectivity index (χ2v) is 3.10. The molecule has 13 heavy (non-hydrogen) atoms. The Balaban J connectivity index is 2.92. The summed E-state index contributed by atoms with van der Waals surface area (Å²) in [7, 11) is 0. The summed E-state index contributed by atoms with van der Waals surface area (Å²) < 4.78 is 13.2. The quantitative estimate of drug-likeness (QED) is 0.606. The number of halogens is 2. The number of aromatic nitrogens is 2. The van der Waals surface area contributed by atoms with Crippen molar-refractivity contribution in [1.82, 2.24) is 9.97 Å². The van der Waals surface area contributed by atoms with E-state index in [4.69, 9.17) is 11.6 Å². The van der Waals surface area contributed by atoms with Crippen molar-refractivity contribution in [3.05, 3.63) is 35.0 Å². The van der Waals surface area contributed by atoms with Crippen LogP contribution < -0.4 is 0 Å². The monoisotopic (exact) mass is 196 g/mol. The molecular weight excluding hydrogens is 191 g/mol. The molecular formula is C9H6ClFN2. The molecule has 0 bridgehead atoms. The smallest absolute Gasteiger partial charge is 0.222 e. The Morgan fingerprint density at radius 2 is 2.15 bits per heavy atom. The normalized spacial score (nSPS) is 10.7. The van der Waals surface area contributed by atoms with Crippen molar-refractivity contribution in [2.24, 2.45) is 0 Å². The lowest BCUT2D eigenvalue weighted by molar-refractivity contribution is 0.639. The van der Waals surface area contributed by atoms with E-state index in [0.29, 0.717) is 10.9 Å². The van der Waals surface area contributed by atoms with Crippen LogP contribution >= 0.6 is 11.6 Å². The van der Waals surface area contributed by atoms with Crippen LogP contribution in [0, 0.1) is 12.7 Å². The van der Waals surface area contributed by atoms with Gasteiger partial charge in [0.25, 0.3) is 0 Å². The molecule has 0 N–H and O–H groups in total. The number of fused-ring (bicyclic) bond motifs is 1. The Labute approximate surface area is 79.4 Å². The fourth-order valence-corrected chi connectivity index (χ4v) is 1.34. The van der Waals surface area contributed by atoms with Gasteiger partial charge >= 0.3 is 0 Å². The lowest BCUT2D eigenvalue weighted by atomic mass is 10.1. The minimum absolute atomic E-state index is 0.140. The number of nitrogens with zero attached hydrogens (tertiary/aromatic N) is 2. The van der Waals surface area contributed by atoms with E-state index in [0.717, 1.165) is 5.56 Å². The van der Waals surface area contributed by atoms with Crippen molar-refractivity contribution in [2.75, 3.05) is 0 Å². The minimum atomic E-state index is -0.322. The number of hydrogen-bond donors (Lipinski definition) is 0. The predicted molar refractivity (Wildman–Crippen MR) is 49.2 cm³/mol. The van der Waals surface area contributed by atoms with E-state index in [9.17, 15) is 4.39 Å². The van der Waals surface area contributed by atoms with Gasteiger partial charge in [-0.2, -0.15) is 0 Å². The third-order valence-corrected chi connectivity index (χ3v) is 2.05. The Kier molecular flexibility index (Phi) is 1.88. The van der Waals surface area contributed by atoms with E-state index in [2.05, 4.69) is 9.97 Å². The maximum atomic E-state index is 13.2. The topological polar surface area (TPSA) is 25.8 Å². The molecule has 0 saturated carbocycles. The first-order valence-corrected chi connectivity index (χ1v) is 4.13. The van der Waals surface area contributed by atoms with Crippen molar-refractivity contribution in [3.63, 3.8) is 0 Å². The molecule has 0 atom stereocenters. The largest absolute Gasteiger partial charge is 0.226 e. The zero-order chi connectivity index (χ0) is 9.42. The van der Waals surface area contributed by atoms with Gasteiger partial charge in [0.15, 0.2) is 0 Å². The summed E-state index contributed by atoms with van der Waals surface area (Å²) in [6, 6.07) is 3.07. The highest BCUT2D eigenvalue weighted by atomic mass is 35.5. The van der Waals surface area contributed by atoms with E-state index < -0.39 is 0 Å². The molecule has 0 spiro atoms. The molecule has 0 saturated heterocycles. The molecule has 4 heteroatoms. The summed E-state index contributed by atoms with van der Waals surface area (Å²) in [5.74, 6) is -0.322. The van der Waals surface area contributed by atoms with Gasteiger partial charge in [0, 0.05) is 6.20 Å². The van der Waals surface area contributed by atoms with E-state index in [1.54, 1.807) is 6.07 Å². The van der Waals surface area contributed by atoms with Crippen LogP contribution in [-0.4, -0.2) is 9.97 Å². The van der Waals surface area contributed by atoms with Crippen LogP contribution in [-0.2, 0) is 0 Å². The lowest BCUT2D eigenvalue weighted by Crippen LogP contribution is -1.89. The van der Waals surface area contributed by atoms with Crippen LogP contribution in [0.15, 0.2) is 18.3 Å². The molecule has 0 aliphatic heterocycles. The first kappa shape index (κ1) is 8.38. The summed E-state index contributed by atoms with van der Waals surface area (Å²) in [6.07, 6.45) is 1.40. The summed E-state index contributed by atoms with van der Waals surface area (Å²) in [6.45, 7) is 1.85. The molecule has 0 aliphatic rings. The van der Waals surface area contributed by atoms with Gasteiger partial charge in [-0.1, -0.05) is 6.07 Å². The molecule has 2 rings (SSSR count). The van der Waals surface area contributed by atoms with Crippen LogP contribution in [0.3, 0.4) is 0 Å². The van der Waals surface area contributed by atoms with Crippen LogP contribution in [0.25, 0.3) is 10.9 Å². The Hall–Kier alpha value is -1.22. The van der Waals surface area contributed by atoms with Crippen molar-refractivity contribution < 1.29 is 4.39 Å². The first-order chi connectivity index (χ1) is 6.18. The molecule has 0 fully saturated rings. The zero-order valence-corrected chi connectivity index (χ0v) is 7.64. The highest BCUT2D eigenvalue weighted by molar-refractivity contribution is 6.28. The standard InChI is InChI=1S/C9H6ClFN2/c1-5-2-3-7(11)6-4-12-9(10)13-8(5)6/h2-4H,1H3. The van der Waals surface area contributed by atoms with Crippen molar-refractivity contribution in [3.8, 4) is 0 Å². The Morgan fingerprint density at radius 3 is 2.92 bits per heavy atom. The van der Waals surface area contributed by atoms with Crippen LogP contribution in [0.5, 0.6) is 0 Å². The molecule has 2 aromatic rings. The number of aryl methyl sites for hydroxylation is 1. The van der Waals surface area contributed by atoms with Crippen molar-refractivity contribution >= 4 is 22.5 Å². The fourth-order valence-electron chi connectivity index (χ4n) is 1.20. The maximum absolute atomic E-state index is 13.2. The summed E-state index contributed by atoms with van der Waals surface area (Å²) >= 11 is 5.60. The second-order valence-electron chi connectivity index (χ2n) is 2.77. The molecule has 0 amide bonds. The van der Waals surface area contributed by atoms with Gasteiger partial charge in [-0.15, -0.1) is 0 Å². The number of hydrogen-bond acceptors (Lipinski definition) is 2. The molecule has 2 nitrogen and oxygen atoms in total. The average molecular weight is 197 g/mol. The molecule has 1 aromatic carbocycles. The zero-order valence-electron chi connectivity index (χ0n) is 6.88. The molecule has 0 aliphatic carbocycles. The number of benzene rings is 1. The third kappa shape index (κ3) is 1.35. The van der Waals surface area contributed by atoms with Crippen LogP contribution in [0.1, 0.15) is 5.56 Å². The van der Waals surface area contributed by atoms with Gasteiger partial charge in [-0.05, 0) is 30.2 Å². The summed E-state index contributed by atoms with van der Waals surface area (Å²) in [5.41, 5.74) is 1.46. The van der Waals surface area contributed by atoms with E-state index in [-0.39, 0.29) is 11.1 Å². The van der Waals surface area contributed by atoms with Gasteiger partial charge in [-0.3, -0.25) is 0 Å². The van der Waals surface area contributed by atoms with E-state index in [1.807, 2.05) is 6.92 Å². The van der Waals surface area contributed by atoms with Gasteiger partial charge in [-0.25, -0.2) is 14.4 Å². The average Bonchev–Trinajstić information content (AvgIpc) is 2.12. The maximum Gasteiger partial charge on any atom is 0.222 e. The van der Waals surface area contributed by atoms with Gasteiger partial charge < -0.3 is 0 Å².